The van der Waals surface area contributed by atoms with E-state index in [0.29, 0.717) is 27.8 Å². The number of benzene rings is 2. The molecular weight excluding hydrogens is 346 g/mol. The van der Waals surface area contributed by atoms with Crippen LogP contribution in [-0.4, -0.2) is 25.6 Å². The molecule has 0 aliphatic carbocycles. The average Bonchev–Trinajstić information content (AvgIpc) is 2.92. The van der Waals surface area contributed by atoms with Gasteiger partial charge in [-0.3, -0.25) is 14.7 Å². The molecule has 0 amide bonds. The van der Waals surface area contributed by atoms with Crippen molar-refractivity contribution in [2.75, 3.05) is 0 Å². The molecule has 0 atom stereocenters. The number of aromatic carboxylic acids is 1. The van der Waals surface area contributed by atoms with Gasteiger partial charge in [0.1, 0.15) is 5.82 Å². The number of imidazole rings is 1. The molecule has 0 saturated heterocycles. The van der Waals surface area contributed by atoms with Gasteiger partial charge in [0, 0.05) is 23.4 Å². The first-order valence-electron chi connectivity index (χ1n) is 7.22. The van der Waals surface area contributed by atoms with Gasteiger partial charge < -0.3 is 5.11 Å². The first kappa shape index (κ1) is 16.7. The fraction of sp³-hybridized carbons (Fsp3) is 0.0588. The minimum atomic E-state index is -1.16. The third-order valence-electron chi connectivity index (χ3n) is 3.74. The summed E-state index contributed by atoms with van der Waals surface area (Å²) < 4.78 is 1.62. The van der Waals surface area contributed by atoms with Gasteiger partial charge in [-0.1, -0.05) is 23.7 Å². The second-order valence-electron chi connectivity index (χ2n) is 5.26. The molecule has 0 radical (unpaired) electrons. The van der Waals surface area contributed by atoms with Gasteiger partial charge in [-0.05, 0) is 31.2 Å². The molecule has 3 aromatic rings. The average molecular weight is 358 g/mol. The standard InChI is InChI=1S/C17H12ClN3O4/c1-10-15(17(22)23)19-16(13-4-2-3-5-14(13)18)20(10)11-6-8-12(9-7-11)21(24)25/h2-9H,1H3,(H,22,23). The van der Waals surface area contributed by atoms with E-state index in [1.54, 1.807) is 47.9 Å². The summed E-state index contributed by atoms with van der Waals surface area (Å²) in [6.07, 6.45) is 0. The van der Waals surface area contributed by atoms with Gasteiger partial charge in [0.25, 0.3) is 5.69 Å². The summed E-state index contributed by atoms with van der Waals surface area (Å²) in [5.41, 5.74) is 1.36. The van der Waals surface area contributed by atoms with Crippen LogP contribution in [0.15, 0.2) is 48.5 Å². The van der Waals surface area contributed by atoms with Crippen LogP contribution in [0.2, 0.25) is 5.02 Å². The van der Waals surface area contributed by atoms with E-state index >= 15 is 0 Å². The molecule has 8 heteroatoms. The number of non-ortho nitro benzene ring substituents is 1. The van der Waals surface area contributed by atoms with Crippen LogP contribution in [0.25, 0.3) is 17.1 Å². The maximum Gasteiger partial charge on any atom is 0.356 e. The van der Waals surface area contributed by atoms with E-state index < -0.39 is 10.9 Å². The highest BCUT2D eigenvalue weighted by Gasteiger charge is 2.22. The van der Waals surface area contributed by atoms with E-state index in [9.17, 15) is 20.0 Å². The lowest BCUT2D eigenvalue weighted by molar-refractivity contribution is -0.384. The number of carbonyl (C=O) groups is 1. The Kier molecular flexibility index (Phi) is 4.24. The Balaban J connectivity index is 2.26. The normalized spacial score (nSPS) is 10.6. The molecule has 2 aromatic carbocycles. The maximum absolute atomic E-state index is 11.5. The summed E-state index contributed by atoms with van der Waals surface area (Å²) in [7, 11) is 0. The Morgan fingerprint density at radius 2 is 1.84 bits per heavy atom. The van der Waals surface area contributed by atoms with Crippen molar-refractivity contribution in [3.8, 4) is 17.1 Å². The zero-order valence-electron chi connectivity index (χ0n) is 13.0. The first-order valence-corrected chi connectivity index (χ1v) is 7.60. The topological polar surface area (TPSA) is 98.3 Å². The number of carboxylic acid groups (broad SMARTS) is 1. The SMILES string of the molecule is Cc1c(C(=O)O)nc(-c2ccccc2Cl)n1-c1ccc([N+](=O)[O-])cc1. The highest BCUT2D eigenvalue weighted by molar-refractivity contribution is 6.33. The third kappa shape index (κ3) is 2.97. The number of hydrogen-bond donors (Lipinski definition) is 1. The monoisotopic (exact) mass is 357 g/mol. The van der Waals surface area contributed by atoms with E-state index in [-0.39, 0.29) is 11.4 Å². The molecular formula is C17H12ClN3O4. The molecule has 0 saturated carbocycles. The fourth-order valence-electron chi connectivity index (χ4n) is 2.57. The van der Waals surface area contributed by atoms with E-state index in [2.05, 4.69) is 4.98 Å². The Morgan fingerprint density at radius 3 is 2.40 bits per heavy atom. The summed E-state index contributed by atoms with van der Waals surface area (Å²) in [4.78, 5) is 26.0. The smallest absolute Gasteiger partial charge is 0.356 e. The lowest BCUT2D eigenvalue weighted by Crippen LogP contribution is -2.03. The first-order chi connectivity index (χ1) is 11.9. The van der Waals surface area contributed by atoms with Crippen LogP contribution < -0.4 is 0 Å². The lowest BCUT2D eigenvalue weighted by atomic mass is 10.2. The number of hydrogen-bond acceptors (Lipinski definition) is 4. The molecule has 126 valence electrons. The minimum absolute atomic E-state index is 0.0562. The molecule has 1 heterocycles. The van der Waals surface area contributed by atoms with E-state index in [0.717, 1.165) is 0 Å². The number of rotatable bonds is 4. The van der Waals surface area contributed by atoms with Crippen LogP contribution >= 0.6 is 11.6 Å². The van der Waals surface area contributed by atoms with Gasteiger partial charge in [-0.2, -0.15) is 0 Å². The fourth-order valence-corrected chi connectivity index (χ4v) is 2.79. The maximum atomic E-state index is 11.5. The van der Waals surface area contributed by atoms with Crippen LogP contribution in [0, 0.1) is 17.0 Å². The molecule has 0 aliphatic heterocycles. The zero-order valence-corrected chi connectivity index (χ0v) is 13.8. The molecule has 1 aromatic heterocycles. The van der Waals surface area contributed by atoms with Gasteiger partial charge >= 0.3 is 5.97 Å². The number of halogens is 1. The van der Waals surface area contributed by atoms with Crippen molar-refractivity contribution in [3.63, 3.8) is 0 Å². The Morgan fingerprint density at radius 1 is 1.20 bits per heavy atom. The van der Waals surface area contributed by atoms with Crippen molar-refractivity contribution < 1.29 is 14.8 Å². The lowest BCUT2D eigenvalue weighted by Gasteiger charge is -2.11. The van der Waals surface area contributed by atoms with E-state index in [4.69, 9.17) is 11.6 Å². The molecule has 0 aliphatic rings. The second kappa shape index (κ2) is 6.37. The molecule has 25 heavy (non-hydrogen) atoms. The third-order valence-corrected chi connectivity index (χ3v) is 4.07. The van der Waals surface area contributed by atoms with Gasteiger partial charge in [0.2, 0.25) is 0 Å². The summed E-state index contributed by atoms with van der Waals surface area (Å²) >= 11 is 6.24. The van der Waals surface area contributed by atoms with Crippen molar-refractivity contribution in [2.24, 2.45) is 0 Å². The van der Waals surface area contributed by atoms with Crippen LogP contribution in [-0.2, 0) is 0 Å². The van der Waals surface area contributed by atoms with Crippen molar-refractivity contribution >= 4 is 23.3 Å². The zero-order chi connectivity index (χ0) is 18.1. The molecule has 0 spiro atoms. The van der Waals surface area contributed by atoms with E-state index in [1.807, 2.05) is 0 Å². The quantitative estimate of drug-likeness (QED) is 0.559. The molecule has 0 unspecified atom stereocenters. The van der Waals surface area contributed by atoms with Crippen LogP contribution in [0.1, 0.15) is 16.2 Å². The van der Waals surface area contributed by atoms with Gasteiger partial charge in [0.15, 0.2) is 5.69 Å². The number of nitrogens with zero attached hydrogens (tertiary/aromatic N) is 3. The Labute approximate surface area is 147 Å². The number of nitro groups is 1. The number of carboxylic acids is 1. The van der Waals surface area contributed by atoms with Crippen molar-refractivity contribution in [1.29, 1.82) is 0 Å². The largest absolute Gasteiger partial charge is 0.476 e. The number of aromatic nitrogens is 2. The predicted molar refractivity (Wildman–Crippen MR) is 92.4 cm³/mol. The molecule has 0 fully saturated rings. The van der Waals surface area contributed by atoms with Crippen LogP contribution in [0.5, 0.6) is 0 Å². The van der Waals surface area contributed by atoms with Crippen LogP contribution in [0.3, 0.4) is 0 Å². The van der Waals surface area contributed by atoms with Crippen molar-refractivity contribution in [1.82, 2.24) is 9.55 Å². The highest BCUT2D eigenvalue weighted by atomic mass is 35.5. The molecule has 1 N–H and O–H groups in total. The highest BCUT2D eigenvalue weighted by Crippen LogP contribution is 2.31. The Bertz CT molecular complexity index is 980. The van der Waals surface area contributed by atoms with Gasteiger partial charge in [0.05, 0.1) is 15.6 Å². The van der Waals surface area contributed by atoms with Crippen molar-refractivity contribution in [3.05, 3.63) is 75.1 Å². The summed E-state index contributed by atoms with van der Waals surface area (Å²) in [6.45, 7) is 1.62. The summed E-state index contributed by atoms with van der Waals surface area (Å²) in [6, 6.07) is 12.7. The molecule has 3 rings (SSSR count). The van der Waals surface area contributed by atoms with Gasteiger partial charge in [-0.15, -0.1) is 0 Å². The predicted octanol–water partition coefficient (Wildman–Crippen LogP) is 4.11. The summed E-state index contributed by atoms with van der Waals surface area (Å²) in [5.74, 6) is -0.805. The number of nitro benzene ring substituents is 1. The molecule has 7 nitrogen and oxygen atoms in total. The minimum Gasteiger partial charge on any atom is -0.476 e. The summed E-state index contributed by atoms with van der Waals surface area (Å²) in [5, 5.41) is 20.6. The second-order valence-corrected chi connectivity index (χ2v) is 5.67. The van der Waals surface area contributed by atoms with Crippen LogP contribution in [0.4, 0.5) is 5.69 Å². The van der Waals surface area contributed by atoms with Gasteiger partial charge in [-0.25, -0.2) is 9.78 Å². The van der Waals surface area contributed by atoms with E-state index in [1.165, 1.54) is 12.1 Å². The van der Waals surface area contributed by atoms with Crippen molar-refractivity contribution in [2.45, 2.75) is 6.92 Å². The Hall–Kier alpha value is -3.19. The molecule has 0 bridgehead atoms.